The number of carbonyl (C=O) groups is 1. The first-order valence-corrected chi connectivity index (χ1v) is 16.8. The summed E-state index contributed by atoms with van der Waals surface area (Å²) >= 11 is 1.38. The molecule has 1 aliphatic heterocycles. The smallest absolute Gasteiger partial charge is 0.175 e. The summed E-state index contributed by atoms with van der Waals surface area (Å²) in [6.07, 6.45) is 11.9. The largest absolute Gasteiger partial charge is 0.393 e. The lowest BCUT2D eigenvalue weighted by atomic mass is 9.45. The van der Waals surface area contributed by atoms with Gasteiger partial charge in [-0.1, -0.05) is 55.5 Å². The molecule has 8 atom stereocenters. The molecule has 0 spiro atoms. The second kappa shape index (κ2) is 10.8. The first kappa shape index (κ1) is 29.1. The maximum absolute atomic E-state index is 13.7. The van der Waals surface area contributed by atoms with Crippen LogP contribution in [0, 0.1) is 34.4 Å². The molecule has 5 nitrogen and oxygen atoms in total. The van der Waals surface area contributed by atoms with E-state index in [0.29, 0.717) is 12.8 Å². The van der Waals surface area contributed by atoms with Crippen LogP contribution in [0.5, 0.6) is 0 Å². The molecule has 8 unspecified atom stereocenters. The van der Waals surface area contributed by atoms with E-state index in [9.17, 15) is 19.4 Å². The topological polar surface area (TPSA) is 82.8 Å². The zero-order valence-electron chi connectivity index (χ0n) is 25.0. The summed E-state index contributed by atoms with van der Waals surface area (Å²) in [4.78, 5) is 23.0. The van der Waals surface area contributed by atoms with E-state index in [2.05, 4.69) is 24.9 Å². The van der Waals surface area contributed by atoms with Gasteiger partial charge in [0.1, 0.15) is 11.4 Å². The van der Waals surface area contributed by atoms with Crippen molar-refractivity contribution in [3.05, 3.63) is 82.8 Å². The standard InChI is InChI=1S/C36H41FN2O3S/c1-34-18-24-20-39-29(22-6-10-26(37)11-7-22)13-8-23(24)17-25(34)9-12-27-28-14-15-36(42,35(28,2)19-30(40)33(27)34)31(41)21-43-32-5-3-4-16-38-32/h3-7,10-11,16-17,20,27-30,33,40,42H,8-9,12-15,18-19,21H2,1-2H3. The van der Waals surface area contributed by atoms with Crippen LogP contribution < -0.4 is 0 Å². The number of pyridine rings is 1. The number of rotatable bonds is 5. The third-order valence-corrected chi connectivity index (χ3v) is 12.9. The van der Waals surface area contributed by atoms with Crippen LogP contribution >= 0.6 is 11.8 Å². The number of carbonyl (C=O) groups excluding carboxylic acids is 1. The molecule has 0 bridgehead atoms. The van der Waals surface area contributed by atoms with Crippen molar-refractivity contribution in [3.8, 4) is 0 Å². The van der Waals surface area contributed by atoms with Gasteiger partial charge in [-0.3, -0.25) is 9.79 Å². The van der Waals surface area contributed by atoms with E-state index in [1.165, 1.54) is 40.6 Å². The number of thioether (sulfide) groups is 1. The molecule has 7 heteroatoms. The number of allylic oxidation sites excluding steroid dienone is 4. The van der Waals surface area contributed by atoms with Gasteiger partial charge >= 0.3 is 0 Å². The summed E-state index contributed by atoms with van der Waals surface area (Å²) in [5.41, 5.74) is 2.79. The van der Waals surface area contributed by atoms with Crippen molar-refractivity contribution >= 4 is 23.8 Å². The Bertz CT molecular complexity index is 1510. The molecule has 43 heavy (non-hydrogen) atoms. The minimum absolute atomic E-state index is 0.0118. The highest BCUT2D eigenvalue weighted by molar-refractivity contribution is 7.99. The Morgan fingerprint density at radius 2 is 1.88 bits per heavy atom. The molecule has 0 radical (unpaired) electrons. The highest BCUT2D eigenvalue weighted by Gasteiger charge is 2.68. The summed E-state index contributed by atoms with van der Waals surface area (Å²) in [5.74, 6) is 0.321. The number of fused-ring (bicyclic) bond motifs is 5. The van der Waals surface area contributed by atoms with Gasteiger partial charge in [-0.05, 0) is 116 Å². The summed E-state index contributed by atoms with van der Waals surface area (Å²) in [7, 11) is 0. The Labute approximate surface area is 257 Å². The summed E-state index contributed by atoms with van der Waals surface area (Å²) in [5, 5.41) is 24.8. The third kappa shape index (κ3) is 4.69. The van der Waals surface area contributed by atoms with Gasteiger partial charge in [0.25, 0.3) is 0 Å². The highest BCUT2D eigenvalue weighted by atomic mass is 32.2. The zero-order valence-corrected chi connectivity index (χ0v) is 25.8. The maximum atomic E-state index is 13.7. The Kier molecular flexibility index (Phi) is 7.30. The number of halogens is 1. The van der Waals surface area contributed by atoms with Gasteiger partial charge in [0.15, 0.2) is 5.78 Å². The fraction of sp³-hybridized carbons (Fsp3) is 0.528. The number of aromatic nitrogens is 1. The fourth-order valence-corrected chi connectivity index (χ4v) is 10.6. The number of hydrogen-bond acceptors (Lipinski definition) is 6. The Morgan fingerprint density at radius 1 is 1.07 bits per heavy atom. The second-order valence-electron chi connectivity index (χ2n) is 14.0. The van der Waals surface area contributed by atoms with Crippen LogP contribution in [-0.2, 0) is 4.79 Å². The van der Waals surface area contributed by atoms with Crippen molar-refractivity contribution in [1.29, 1.82) is 0 Å². The zero-order chi connectivity index (χ0) is 30.0. The number of nitrogens with zero attached hydrogens (tertiary/aromatic N) is 2. The quantitative estimate of drug-likeness (QED) is 0.359. The van der Waals surface area contributed by atoms with Crippen LogP contribution in [-0.4, -0.2) is 44.7 Å². The lowest BCUT2D eigenvalue weighted by Crippen LogP contribution is -2.61. The average molecular weight is 601 g/mol. The number of Topliss-reactive ketones (excluding diaryl/α,β-unsaturated/α-hetero) is 1. The first-order valence-electron chi connectivity index (χ1n) is 15.8. The molecule has 3 saturated carbocycles. The molecule has 4 aliphatic carbocycles. The fourth-order valence-electron chi connectivity index (χ4n) is 9.75. The van der Waals surface area contributed by atoms with E-state index < -0.39 is 17.1 Å². The lowest BCUT2D eigenvalue weighted by Gasteiger charge is -2.60. The number of ketones is 1. The SMILES string of the molecule is CC12CC3=C(C=C1CCC1C2C(O)CC2(C)C1CCC2(O)C(=O)CSc1ccccn1)CCC(c1ccc(F)cc1)N=C3. The monoisotopic (exact) mass is 600 g/mol. The van der Waals surface area contributed by atoms with E-state index >= 15 is 0 Å². The molecule has 2 N–H and O–H groups in total. The second-order valence-corrected chi connectivity index (χ2v) is 15.0. The predicted octanol–water partition coefficient (Wildman–Crippen LogP) is 7.06. The van der Waals surface area contributed by atoms with Crippen molar-refractivity contribution in [1.82, 2.24) is 4.98 Å². The lowest BCUT2D eigenvalue weighted by molar-refractivity contribution is -0.177. The predicted molar refractivity (Wildman–Crippen MR) is 167 cm³/mol. The van der Waals surface area contributed by atoms with Gasteiger partial charge in [0, 0.05) is 17.8 Å². The first-order chi connectivity index (χ1) is 20.6. The minimum atomic E-state index is -1.44. The highest BCUT2D eigenvalue weighted by Crippen LogP contribution is 2.68. The maximum Gasteiger partial charge on any atom is 0.175 e. The minimum Gasteiger partial charge on any atom is -0.393 e. The van der Waals surface area contributed by atoms with E-state index in [-0.39, 0.29) is 46.6 Å². The number of aliphatic hydroxyl groups excluding tert-OH is 1. The molecule has 1 aromatic heterocycles. The normalized spacial score (nSPS) is 38.3. The van der Waals surface area contributed by atoms with Gasteiger partial charge in [-0.15, -0.1) is 0 Å². The van der Waals surface area contributed by atoms with E-state index in [0.717, 1.165) is 49.1 Å². The van der Waals surface area contributed by atoms with Crippen LogP contribution in [0.3, 0.4) is 0 Å². The van der Waals surface area contributed by atoms with Gasteiger partial charge in [0.2, 0.25) is 0 Å². The van der Waals surface area contributed by atoms with Crippen LogP contribution in [0.1, 0.15) is 76.8 Å². The molecule has 2 aromatic rings. The van der Waals surface area contributed by atoms with E-state index in [1.807, 2.05) is 36.5 Å². The van der Waals surface area contributed by atoms with Crippen molar-refractivity contribution in [2.24, 2.45) is 33.6 Å². The molecule has 5 aliphatic rings. The summed E-state index contributed by atoms with van der Waals surface area (Å²) in [6, 6.07) is 12.4. The van der Waals surface area contributed by atoms with Gasteiger partial charge in [-0.2, -0.15) is 0 Å². The van der Waals surface area contributed by atoms with Crippen molar-refractivity contribution in [2.45, 2.75) is 88.0 Å². The number of benzene rings is 1. The van der Waals surface area contributed by atoms with Gasteiger partial charge in [0.05, 0.1) is 22.9 Å². The number of aliphatic imine (C=N–C) groups is 1. The number of hydrogen-bond donors (Lipinski definition) is 2. The molecule has 226 valence electrons. The average Bonchev–Trinajstić information content (AvgIpc) is 3.12. The van der Waals surface area contributed by atoms with Gasteiger partial charge < -0.3 is 10.2 Å². The van der Waals surface area contributed by atoms with Crippen molar-refractivity contribution in [3.63, 3.8) is 0 Å². The van der Waals surface area contributed by atoms with Crippen LogP contribution in [0.4, 0.5) is 4.39 Å². The molecule has 0 amide bonds. The van der Waals surface area contributed by atoms with E-state index in [4.69, 9.17) is 4.99 Å². The molecule has 2 heterocycles. The molecule has 1 aromatic carbocycles. The Balaban J connectivity index is 1.12. The summed E-state index contributed by atoms with van der Waals surface area (Å²) in [6.45, 7) is 4.40. The molecular weight excluding hydrogens is 559 g/mol. The molecule has 7 rings (SSSR count). The molecule has 3 fully saturated rings. The van der Waals surface area contributed by atoms with Crippen molar-refractivity contribution in [2.75, 3.05) is 5.75 Å². The molecule has 0 saturated heterocycles. The Hall–Kier alpha value is -2.61. The van der Waals surface area contributed by atoms with E-state index in [1.54, 1.807) is 6.20 Å². The van der Waals surface area contributed by atoms with Gasteiger partial charge in [-0.25, -0.2) is 9.37 Å². The van der Waals surface area contributed by atoms with Crippen LogP contribution in [0.25, 0.3) is 0 Å². The van der Waals surface area contributed by atoms with Crippen LogP contribution in [0.2, 0.25) is 0 Å². The van der Waals surface area contributed by atoms with Crippen LogP contribution in [0.15, 0.2) is 81.5 Å². The molecular formula is C36H41FN2O3S. The third-order valence-electron chi connectivity index (χ3n) is 11.9. The van der Waals surface area contributed by atoms with Crippen molar-refractivity contribution < 1.29 is 19.4 Å². The Morgan fingerprint density at radius 3 is 2.65 bits per heavy atom. The number of aliphatic hydroxyl groups is 2. The summed E-state index contributed by atoms with van der Waals surface area (Å²) < 4.78 is 13.5.